The summed E-state index contributed by atoms with van der Waals surface area (Å²) in [5.41, 5.74) is 6.91. The number of methoxy groups -OCH3 is 1. The third-order valence-electron chi connectivity index (χ3n) is 3.62. The van der Waals surface area contributed by atoms with Gasteiger partial charge >= 0.3 is 5.97 Å². The lowest BCUT2D eigenvalue weighted by molar-refractivity contribution is -0.146. The third kappa shape index (κ3) is 5.19. The molecule has 0 aliphatic heterocycles. The molecule has 0 heterocycles. The number of hydrogen-bond acceptors (Lipinski definition) is 4. The summed E-state index contributed by atoms with van der Waals surface area (Å²) in [6.45, 7) is 3.86. The lowest BCUT2D eigenvalue weighted by Gasteiger charge is -2.22. The zero-order valence-corrected chi connectivity index (χ0v) is 12.8. The Morgan fingerprint density at radius 3 is 2.43 bits per heavy atom. The Bertz CT molecular complexity index is 462. The molecule has 0 aliphatic carbocycles. The van der Waals surface area contributed by atoms with Crippen LogP contribution in [0.3, 0.4) is 0 Å². The van der Waals surface area contributed by atoms with Gasteiger partial charge in [-0.15, -0.1) is 0 Å². The highest BCUT2D eigenvalue weighted by Gasteiger charge is 2.27. The first-order chi connectivity index (χ1) is 9.99. The Hall–Kier alpha value is -1.88. The number of hydrogen-bond donors (Lipinski definition) is 2. The Kier molecular flexibility index (Phi) is 6.88. The third-order valence-corrected chi connectivity index (χ3v) is 3.62. The molecule has 1 rings (SSSR count). The highest BCUT2D eigenvalue weighted by atomic mass is 16.5. The second-order valence-electron chi connectivity index (χ2n) is 5.18. The second-order valence-corrected chi connectivity index (χ2v) is 5.18. The fraction of sp³-hybridized carbons (Fsp3) is 0.500. The first kappa shape index (κ1) is 17.2. The van der Waals surface area contributed by atoms with Gasteiger partial charge in [-0.3, -0.25) is 4.79 Å². The van der Waals surface area contributed by atoms with Gasteiger partial charge in [-0.05, 0) is 11.5 Å². The second kappa shape index (κ2) is 8.42. The molecule has 116 valence electrons. The van der Waals surface area contributed by atoms with Gasteiger partial charge in [0.2, 0.25) is 5.91 Å². The molecule has 3 N–H and O–H groups in total. The summed E-state index contributed by atoms with van der Waals surface area (Å²) in [7, 11) is 1.32. The zero-order valence-electron chi connectivity index (χ0n) is 12.8. The van der Waals surface area contributed by atoms with Crippen LogP contribution >= 0.6 is 0 Å². The number of rotatable bonds is 7. The molecule has 1 aromatic carbocycles. The summed E-state index contributed by atoms with van der Waals surface area (Å²) in [4.78, 5) is 23.8. The predicted molar refractivity (Wildman–Crippen MR) is 81.4 cm³/mol. The van der Waals surface area contributed by atoms with Crippen LogP contribution in [0.4, 0.5) is 0 Å². The molecule has 1 unspecified atom stereocenters. The van der Waals surface area contributed by atoms with Crippen LogP contribution in [0.1, 0.15) is 38.3 Å². The van der Waals surface area contributed by atoms with Crippen molar-refractivity contribution >= 4 is 11.9 Å². The van der Waals surface area contributed by atoms with Gasteiger partial charge in [0, 0.05) is 12.5 Å². The van der Waals surface area contributed by atoms with E-state index in [-0.39, 0.29) is 24.3 Å². The maximum absolute atomic E-state index is 12.1. The number of carbonyl (C=O) groups excluding carboxylic acids is 2. The van der Waals surface area contributed by atoms with Crippen LogP contribution < -0.4 is 11.1 Å². The molecular weight excluding hydrogens is 268 g/mol. The summed E-state index contributed by atoms with van der Waals surface area (Å²) >= 11 is 0. The standard InChI is InChI=1S/C16H24N2O3/c1-4-11(2)15(16(20)21-3)18-14(19)10-13(17)12-8-6-5-7-9-12/h5-9,11,13,15H,4,10,17H2,1-3H3,(H,18,19)/t11-,13?,15-/m0/s1. The van der Waals surface area contributed by atoms with Crippen LogP contribution in [-0.4, -0.2) is 25.0 Å². The summed E-state index contributed by atoms with van der Waals surface area (Å²) in [5, 5.41) is 2.73. The fourth-order valence-electron chi connectivity index (χ4n) is 2.05. The topological polar surface area (TPSA) is 81.4 Å². The fourth-order valence-corrected chi connectivity index (χ4v) is 2.05. The van der Waals surface area contributed by atoms with Crippen molar-refractivity contribution < 1.29 is 14.3 Å². The molecule has 0 saturated heterocycles. The minimum absolute atomic E-state index is 0.00866. The van der Waals surface area contributed by atoms with E-state index in [1.165, 1.54) is 7.11 Å². The average molecular weight is 292 g/mol. The summed E-state index contributed by atoms with van der Waals surface area (Å²) < 4.78 is 4.74. The molecule has 0 fully saturated rings. The number of nitrogens with one attached hydrogen (secondary N) is 1. The van der Waals surface area contributed by atoms with Crippen molar-refractivity contribution in [2.75, 3.05) is 7.11 Å². The average Bonchev–Trinajstić information content (AvgIpc) is 2.51. The SMILES string of the molecule is CC[C@H](C)[C@H](NC(=O)CC(N)c1ccccc1)C(=O)OC. The van der Waals surface area contributed by atoms with Crippen molar-refractivity contribution in [3.8, 4) is 0 Å². The van der Waals surface area contributed by atoms with Gasteiger partial charge in [-0.1, -0.05) is 50.6 Å². The summed E-state index contributed by atoms with van der Waals surface area (Å²) in [5.74, 6) is -0.664. The van der Waals surface area contributed by atoms with Gasteiger partial charge in [0.25, 0.3) is 0 Å². The Labute approximate surface area is 125 Å². The van der Waals surface area contributed by atoms with Crippen molar-refractivity contribution in [3.05, 3.63) is 35.9 Å². The van der Waals surface area contributed by atoms with E-state index >= 15 is 0 Å². The predicted octanol–water partition coefficient (Wildman–Crippen LogP) is 1.78. The molecular formula is C16H24N2O3. The van der Waals surface area contributed by atoms with E-state index < -0.39 is 12.0 Å². The lowest BCUT2D eigenvalue weighted by Crippen LogP contribution is -2.46. The van der Waals surface area contributed by atoms with Gasteiger partial charge in [-0.2, -0.15) is 0 Å². The van der Waals surface area contributed by atoms with Crippen molar-refractivity contribution in [1.82, 2.24) is 5.32 Å². The summed E-state index contributed by atoms with van der Waals surface area (Å²) in [6, 6.07) is 8.39. The summed E-state index contributed by atoms with van der Waals surface area (Å²) in [6.07, 6.45) is 0.902. The van der Waals surface area contributed by atoms with E-state index in [0.29, 0.717) is 0 Å². The van der Waals surface area contributed by atoms with E-state index in [2.05, 4.69) is 5.32 Å². The normalized spacial score (nSPS) is 14.9. The van der Waals surface area contributed by atoms with E-state index in [1.54, 1.807) is 0 Å². The van der Waals surface area contributed by atoms with E-state index in [4.69, 9.17) is 10.5 Å². The number of benzene rings is 1. The van der Waals surface area contributed by atoms with Crippen LogP contribution in [-0.2, 0) is 14.3 Å². The monoisotopic (exact) mass is 292 g/mol. The van der Waals surface area contributed by atoms with Crippen molar-refractivity contribution in [1.29, 1.82) is 0 Å². The molecule has 21 heavy (non-hydrogen) atoms. The Balaban J connectivity index is 2.64. The minimum atomic E-state index is -0.629. The molecule has 0 aromatic heterocycles. The first-order valence-corrected chi connectivity index (χ1v) is 7.17. The van der Waals surface area contributed by atoms with Crippen LogP contribution in [0.15, 0.2) is 30.3 Å². The maximum atomic E-state index is 12.1. The number of ether oxygens (including phenoxy) is 1. The zero-order chi connectivity index (χ0) is 15.8. The van der Waals surface area contributed by atoms with Crippen LogP contribution in [0.5, 0.6) is 0 Å². The lowest BCUT2D eigenvalue weighted by atomic mass is 9.98. The van der Waals surface area contributed by atoms with Crippen molar-refractivity contribution in [3.63, 3.8) is 0 Å². The molecule has 0 saturated carbocycles. The first-order valence-electron chi connectivity index (χ1n) is 7.17. The Morgan fingerprint density at radius 2 is 1.90 bits per heavy atom. The molecule has 1 amide bonds. The van der Waals surface area contributed by atoms with Crippen LogP contribution in [0.25, 0.3) is 0 Å². The number of nitrogens with two attached hydrogens (primary N) is 1. The van der Waals surface area contributed by atoms with E-state index in [0.717, 1.165) is 12.0 Å². The number of esters is 1. The molecule has 1 aromatic rings. The molecule has 0 radical (unpaired) electrons. The Morgan fingerprint density at radius 1 is 1.29 bits per heavy atom. The molecule has 0 bridgehead atoms. The van der Waals surface area contributed by atoms with Gasteiger partial charge in [0.15, 0.2) is 0 Å². The molecule has 5 nitrogen and oxygen atoms in total. The van der Waals surface area contributed by atoms with Gasteiger partial charge in [0.1, 0.15) is 6.04 Å². The molecule has 5 heteroatoms. The smallest absolute Gasteiger partial charge is 0.328 e. The quantitative estimate of drug-likeness (QED) is 0.751. The van der Waals surface area contributed by atoms with Crippen molar-refractivity contribution in [2.24, 2.45) is 11.7 Å². The minimum Gasteiger partial charge on any atom is -0.467 e. The highest BCUT2D eigenvalue weighted by molar-refractivity contribution is 5.85. The number of carbonyl (C=O) groups is 2. The van der Waals surface area contributed by atoms with Crippen LogP contribution in [0.2, 0.25) is 0 Å². The number of amides is 1. The highest BCUT2D eigenvalue weighted by Crippen LogP contribution is 2.14. The van der Waals surface area contributed by atoms with Gasteiger partial charge < -0.3 is 15.8 Å². The van der Waals surface area contributed by atoms with E-state index in [9.17, 15) is 9.59 Å². The molecule has 0 aliphatic rings. The maximum Gasteiger partial charge on any atom is 0.328 e. The van der Waals surface area contributed by atoms with E-state index in [1.807, 2.05) is 44.2 Å². The van der Waals surface area contributed by atoms with Crippen molar-refractivity contribution in [2.45, 2.75) is 38.8 Å². The van der Waals surface area contributed by atoms with Gasteiger partial charge in [-0.25, -0.2) is 4.79 Å². The van der Waals surface area contributed by atoms with Crippen LogP contribution in [0, 0.1) is 5.92 Å². The van der Waals surface area contributed by atoms with Gasteiger partial charge in [0.05, 0.1) is 7.11 Å². The molecule has 3 atom stereocenters. The molecule has 0 spiro atoms. The largest absolute Gasteiger partial charge is 0.467 e.